The van der Waals surface area contributed by atoms with Crippen LogP contribution in [-0.4, -0.2) is 67.7 Å². The predicted molar refractivity (Wildman–Crippen MR) is 131 cm³/mol. The van der Waals surface area contributed by atoms with Crippen LogP contribution in [-0.2, 0) is 20.8 Å². The number of benzene rings is 2. The van der Waals surface area contributed by atoms with Crippen molar-refractivity contribution in [3.63, 3.8) is 0 Å². The molecule has 0 spiro atoms. The SMILES string of the molecule is O=C(COC(=O)c1ccc(N2CCCCC2)c([N+](=O)[O-])c1)Nc1ccc(CN2CCOCC2)cc1. The second-order valence-electron chi connectivity index (χ2n) is 8.72. The number of hydrogen-bond donors (Lipinski definition) is 1. The lowest BCUT2D eigenvalue weighted by Crippen LogP contribution is -2.35. The summed E-state index contributed by atoms with van der Waals surface area (Å²) in [5, 5.41) is 14.3. The summed E-state index contributed by atoms with van der Waals surface area (Å²) < 4.78 is 10.5. The number of carbonyl (C=O) groups excluding carboxylic acids is 2. The van der Waals surface area contributed by atoms with Gasteiger partial charge in [-0.3, -0.25) is 19.8 Å². The second kappa shape index (κ2) is 11.8. The Labute approximate surface area is 203 Å². The predicted octanol–water partition coefficient (Wildman–Crippen LogP) is 3.21. The van der Waals surface area contributed by atoms with Crippen LogP contribution in [0.2, 0.25) is 0 Å². The van der Waals surface area contributed by atoms with Gasteiger partial charge in [-0.25, -0.2) is 4.79 Å². The Morgan fingerprint density at radius 2 is 1.71 bits per heavy atom. The number of hydrogen-bond acceptors (Lipinski definition) is 8. The molecule has 0 aliphatic carbocycles. The third-order valence-corrected chi connectivity index (χ3v) is 6.19. The Kier molecular flexibility index (Phi) is 8.27. The molecule has 0 saturated carbocycles. The summed E-state index contributed by atoms with van der Waals surface area (Å²) in [6.07, 6.45) is 3.06. The van der Waals surface area contributed by atoms with Gasteiger partial charge in [0, 0.05) is 44.5 Å². The number of nitro groups is 1. The van der Waals surface area contributed by atoms with Gasteiger partial charge in [0.1, 0.15) is 5.69 Å². The molecule has 0 aromatic heterocycles. The number of amides is 1. The zero-order chi connectivity index (χ0) is 24.6. The molecule has 1 amide bonds. The number of esters is 1. The molecular weight excluding hydrogens is 452 g/mol. The van der Waals surface area contributed by atoms with Crippen molar-refractivity contribution in [1.29, 1.82) is 0 Å². The first-order chi connectivity index (χ1) is 17.0. The van der Waals surface area contributed by atoms with Gasteiger partial charge >= 0.3 is 5.97 Å². The molecule has 10 heteroatoms. The van der Waals surface area contributed by atoms with Crippen LogP contribution in [0.5, 0.6) is 0 Å². The fourth-order valence-corrected chi connectivity index (χ4v) is 4.32. The highest BCUT2D eigenvalue weighted by molar-refractivity contribution is 5.96. The molecule has 2 heterocycles. The number of anilines is 2. The number of nitro benzene ring substituents is 1. The topological polar surface area (TPSA) is 114 Å². The Hall–Kier alpha value is -3.50. The van der Waals surface area contributed by atoms with Gasteiger partial charge in [0.05, 0.1) is 23.7 Å². The minimum absolute atomic E-state index is 0.0396. The third-order valence-electron chi connectivity index (χ3n) is 6.19. The van der Waals surface area contributed by atoms with Crippen LogP contribution >= 0.6 is 0 Å². The van der Waals surface area contributed by atoms with Crippen LogP contribution < -0.4 is 10.2 Å². The molecule has 2 aromatic carbocycles. The Morgan fingerprint density at radius 1 is 1.00 bits per heavy atom. The molecule has 35 heavy (non-hydrogen) atoms. The maximum absolute atomic E-state index is 12.4. The van der Waals surface area contributed by atoms with Crippen LogP contribution in [0.3, 0.4) is 0 Å². The van der Waals surface area contributed by atoms with Gasteiger partial charge in [-0.2, -0.15) is 0 Å². The Bertz CT molecular complexity index is 1050. The van der Waals surface area contributed by atoms with Crippen molar-refractivity contribution in [2.75, 3.05) is 56.2 Å². The molecule has 0 radical (unpaired) electrons. The van der Waals surface area contributed by atoms with Gasteiger partial charge in [-0.15, -0.1) is 0 Å². The summed E-state index contributed by atoms with van der Waals surface area (Å²) in [6.45, 7) is 5.10. The van der Waals surface area contributed by atoms with Crippen LogP contribution in [0.4, 0.5) is 17.1 Å². The van der Waals surface area contributed by atoms with Gasteiger partial charge in [0.15, 0.2) is 6.61 Å². The standard InChI is InChI=1S/C25H30N4O6/c30-24(26-21-7-4-19(5-8-21)17-27-12-14-34-15-13-27)18-35-25(31)20-6-9-22(23(16-20)29(32)33)28-10-2-1-3-11-28/h4-9,16H,1-3,10-15,17-18H2,(H,26,30). The highest BCUT2D eigenvalue weighted by atomic mass is 16.6. The number of morpholine rings is 1. The maximum Gasteiger partial charge on any atom is 0.338 e. The van der Waals surface area contributed by atoms with Crippen molar-refractivity contribution >= 4 is 28.9 Å². The lowest BCUT2D eigenvalue weighted by atomic mass is 10.1. The molecular formula is C25H30N4O6. The molecule has 2 saturated heterocycles. The quantitative estimate of drug-likeness (QED) is 0.347. The zero-order valence-corrected chi connectivity index (χ0v) is 19.6. The molecule has 4 rings (SSSR count). The van der Waals surface area contributed by atoms with Crippen molar-refractivity contribution in [1.82, 2.24) is 4.90 Å². The molecule has 1 N–H and O–H groups in total. The first-order valence-electron chi connectivity index (χ1n) is 11.9. The van der Waals surface area contributed by atoms with Crippen molar-refractivity contribution < 1.29 is 24.0 Å². The van der Waals surface area contributed by atoms with E-state index in [1.54, 1.807) is 18.2 Å². The largest absolute Gasteiger partial charge is 0.452 e. The molecule has 10 nitrogen and oxygen atoms in total. The minimum Gasteiger partial charge on any atom is -0.452 e. The van der Waals surface area contributed by atoms with Crippen LogP contribution in [0.25, 0.3) is 0 Å². The molecule has 0 bridgehead atoms. The lowest BCUT2D eigenvalue weighted by molar-refractivity contribution is -0.384. The number of nitrogens with zero attached hydrogens (tertiary/aromatic N) is 3. The lowest BCUT2D eigenvalue weighted by Gasteiger charge is -2.28. The number of rotatable bonds is 8. The van der Waals surface area contributed by atoms with E-state index >= 15 is 0 Å². The summed E-state index contributed by atoms with van der Waals surface area (Å²) in [4.78, 5) is 40.1. The number of nitrogens with one attached hydrogen (secondary N) is 1. The normalized spacial score (nSPS) is 16.5. The molecule has 0 atom stereocenters. The van der Waals surface area contributed by atoms with Crippen molar-refractivity contribution in [2.24, 2.45) is 0 Å². The van der Waals surface area contributed by atoms with E-state index in [0.717, 1.165) is 70.8 Å². The molecule has 2 aliphatic rings. The summed E-state index contributed by atoms with van der Waals surface area (Å²) >= 11 is 0. The smallest absolute Gasteiger partial charge is 0.338 e. The van der Waals surface area contributed by atoms with Gasteiger partial charge in [0.25, 0.3) is 11.6 Å². The summed E-state index contributed by atoms with van der Waals surface area (Å²) in [7, 11) is 0. The monoisotopic (exact) mass is 482 g/mol. The van der Waals surface area contributed by atoms with Crippen molar-refractivity contribution in [2.45, 2.75) is 25.8 Å². The number of piperidine rings is 1. The van der Waals surface area contributed by atoms with E-state index in [0.29, 0.717) is 11.4 Å². The highest BCUT2D eigenvalue weighted by Crippen LogP contribution is 2.31. The molecule has 2 aromatic rings. The van der Waals surface area contributed by atoms with E-state index in [4.69, 9.17) is 9.47 Å². The van der Waals surface area contributed by atoms with E-state index in [-0.39, 0.29) is 11.3 Å². The fraction of sp³-hybridized carbons (Fsp3) is 0.440. The van der Waals surface area contributed by atoms with E-state index in [9.17, 15) is 19.7 Å². The molecule has 2 aliphatic heterocycles. The van der Waals surface area contributed by atoms with Crippen LogP contribution in [0, 0.1) is 10.1 Å². The number of ether oxygens (including phenoxy) is 2. The Balaban J connectivity index is 1.29. The van der Waals surface area contributed by atoms with Gasteiger partial charge in [0.2, 0.25) is 0 Å². The van der Waals surface area contributed by atoms with Crippen molar-refractivity contribution in [3.05, 3.63) is 63.7 Å². The van der Waals surface area contributed by atoms with Gasteiger partial charge < -0.3 is 19.7 Å². The zero-order valence-electron chi connectivity index (χ0n) is 19.6. The minimum atomic E-state index is -0.783. The van der Waals surface area contributed by atoms with E-state index in [1.165, 1.54) is 12.1 Å². The molecule has 186 valence electrons. The summed E-state index contributed by atoms with van der Waals surface area (Å²) in [5.74, 6) is -1.27. The highest BCUT2D eigenvalue weighted by Gasteiger charge is 2.24. The van der Waals surface area contributed by atoms with Crippen LogP contribution in [0.15, 0.2) is 42.5 Å². The second-order valence-corrected chi connectivity index (χ2v) is 8.72. The summed E-state index contributed by atoms with van der Waals surface area (Å²) in [5.41, 5.74) is 2.13. The third kappa shape index (κ3) is 6.77. The fourth-order valence-electron chi connectivity index (χ4n) is 4.32. The van der Waals surface area contributed by atoms with Crippen LogP contribution in [0.1, 0.15) is 35.2 Å². The molecule has 2 fully saturated rings. The first-order valence-corrected chi connectivity index (χ1v) is 11.9. The molecule has 0 unspecified atom stereocenters. The van der Waals surface area contributed by atoms with Crippen molar-refractivity contribution in [3.8, 4) is 0 Å². The average Bonchev–Trinajstić information content (AvgIpc) is 2.89. The first kappa shape index (κ1) is 24.6. The maximum atomic E-state index is 12.4. The number of carbonyl (C=O) groups is 2. The van der Waals surface area contributed by atoms with E-state index in [2.05, 4.69) is 10.2 Å². The van der Waals surface area contributed by atoms with Gasteiger partial charge in [-0.1, -0.05) is 12.1 Å². The Morgan fingerprint density at radius 3 is 2.40 bits per heavy atom. The van der Waals surface area contributed by atoms with E-state index < -0.39 is 23.4 Å². The average molecular weight is 483 g/mol. The van der Waals surface area contributed by atoms with E-state index in [1.807, 2.05) is 17.0 Å². The summed E-state index contributed by atoms with van der Waals surface area (Å²) in [6, 6.07) is 11.8. The van der Waals surface area contributed by atoms with Gasteiger partial charge in [-0.05, 0) is 49.1 Å².